The van der Waals surface area contributed by atoms with Gasteiger partial charge in [0.15, 0.2) is 0 Å². The lowest BCUT2D eigenvalue weighted by molar-refractivity contribution is -0.384. The molecule has 0 aliphatic rings. The number of rotatable bonds is 2. The number of hydrogen-bond acceptors (Lipinski definition) is 3. The molecule has 0 atom stereocenters. The highest BCUT2D eigenvalue weighted by atomic mass is 16.6. The van der Waals surface area contributed by atoms with Crippen molar-refractivity contribution < 1.29 is 4.92 Å². The van der Waals surface area contributed by atoms with Gasteiger partial charge in [-0.05, 0) is 18.6 Å². The maximum Gasteiger partial charge on any atom is 0.270 e. The smallest absolute Gasteiger partial charge is 0.270 e. The second kappa shape index (κ2) is 4.20. The fourth-order valence-electron chi connectivity index (χ4n) is 2.02. The molecule has 0 radical (unpaired) electrons. The third-order valence-electron chi connectivity index (χ3n) is 2.95. The molecule has 5 nitrogen and oxygen atoms in total. The third kappa shape index (κ3) is 2.06. The molecular weight excluding hydrogens is 242 g/mol. The van der Waals surface area contributed by atoms with E-state index in [-0.39, 0.29) is 5.69 Å². The number of aromatic nitrogens is 2. The van der Waals surface area contributed by atoms with Gasteiger partial charge in [0.25, 0.3) is 5.69 Å². The second-order valence-corrected chi connectivity index (χ2v) is 4.41. The van der Waals surface area contributed by atoms with Gasteiger partial charge in [-0.3, -0.25) is 10.1 Å². The van der Waals surface area contributed by atoms with E-state index in [0.29, 0.717) is 0 Å². The second-order valence-electron chi connectivity index (χ2n) is 4.41. The van der Waals surface area contributed by atoms with E-state index in [1.165, 1.54) is 12.1 Å². The number of imidazole rings is 1. The van der Waals surface area contributed by atoms with E-state index in [0.717, 1.165) is 22.5 Å². The Labute approximate surface area is 109 Å². The van der Waals surface area contributed by atoms with E-state index in [4.69, 9.17) is 0 Å². The number of nitro groups is 1. The lowest BCUT2D eigenvalue weighted by atomic mass is 10.1. The molecule has 0 aliphatic carbocycles. The van der Waals surface area contributed by atoms with Gasteiger partial charge in [-0.2, -0.15) is 0 Å². The highest BCUT2D eigenvalue weighted by molar-refractivity contribution is 5.65. The number of aryl methyl sites for hydroxylation is 1. The molecule has 19 heavy (non-hydrogen) atoms. The maximum absolute atomic E-state index is 10.8. The number of hydrogen-bond donors (Lipinski definition) is 0. The van der Waals surface area contributed by atoms with Crippen molar-refractivity contribution in [3.05, 3.63) is 64.5 Å². The Morgan fingerprint density at radius 3 is 2.84 bits per heavy atom. The number of benzene rings is 1. The van der Waals surface area contributed by atoms with E-state index in [9.17, 15) is 10.1 Å². The lowest BCUT2D eigenvalue weighted by Crippen LogP contribution is -1.87. The third-order valence-corrected chi connectivity index (χ3v) is 2.95. The molecule has 0 saturated heterocycles. The van der Waals surface area contributed by atoms with Gasteiger partial charge < -0.3 is 4.40 Å². The Bertz CT molecular complexity index is 777. The summed E-state index contributed by atoms with van der Waals surface area (Å²) in [5.74, 6) is 0. The fraction of sp³-hybridized carbons (Fsp3) is 0.0714. The summed E-state index contributed by atoms with van der Waals surface area (Å²) in [5, 5.41) is 10.8. The number of non-ortho nitro benzene ring substituents is 1. The first-order chi connectivity index (χ1) is 9.13. The van der Waals surface area contributed by atoms with Crippen LogP contribution in [0.3, 0.4) is 0 Å². The van der Waals surface area contributed by atoms with Crippen molar-refractivity contribution in [2.75, 3.05) is 0 Å². The normalized spacial score (nSPS) is 10.8. The van der Waals surface area contributed by atoms with Crippen LogP contribution in [-0.4, -0.2) is 14.3 Å². The summed E-state index contributed by atoms with van der Waals surface area (Å²) in [6.45, 7) is 2.01. The van der Waals surface area contributed by atoms with Gasteiger partial charge in [-0.15, -0.1) is 0 Å². The van der Waals surface area contributed by atoms with Crippen LogP contribution in [0, 0.1) is 17.0 Å². The molecule has 0 aliphatic heterocycles. The summed E-state index contributed by atoms with van der Waals surface area (Å²) in [6.07, 6.45) is 3.85. The van der Waals surface area contributed by atoms with E-state index in [1.807, 2.05) is 41.9 Å². The van der Waals surface area contributed by atoms with Gasteiger partial charge >= 0.3 is 0 Å². The Morgan fingerprint density at radius 1 is 1.21 bits per heavy atom. The molecule has 0 amide bonds. The summed E-state index contributed by atoms with van der Waals surface area (Å²) in [5.41, 5.74) is 3.51. The van der Waals surface area contributed by atoms with Crippen molar-refractivity contribution in [3.63, 3.8) is 0 Å². The van der Waals surface area contributed by atoms with Crippen LogP contribution < -0.4 is 0 Å². The summed E-state index contributed by atoms with van der Waals surface area (Å²) in [6, 6.07) is 10.4. The number of nitro benzene ring substituents is 1. The predicted molar refractivity (Wildman–Crippen MR) is 72.0 cm³/mol. The van der Waals surface area contributed by atoms with Crippen LogP contribution >= 0.6 is 0 Å². The number of nitrogens with zero attached hydrogens (tertiary/aromatic N) is 3. The molecule has 0 bridgehead atoms. The molecule has 0 saturated carbocycles. The molecule has 94 valence electrons. The van der Waals surface area contributed by atoms with Gasteiger partial charge in [-0.1, -0.05) is 18.2 Å². The van der Waals surface area contributed by atoms with E-state index < -0.39 is 4.92 Å². The van der Waals surface area contributed by atoms with E-state index in [2.05, 4.69) is 4.98 Å². The average Bonchev–Trinajstić information content (AvgIpc) is 2.81. The first-order valence-corrected chi connectivity index (χ1v) is 5.84. The average molecular weight is 253 g/mol. The molecule has 0 spiro atoms. The minimum absolute atomic E-state index is 0.0748. The monoisotopic (exact) mass is 253 g/mol. The molecule has 5 heteroatoms. The minimum atomic E-state index is -0.399. The molecular formula is C14H11N3O2. The topological polar surface area (TPSA) is 60.4 Å². The zero-order valence-corrected chi connectivity index (χ0v) is 10.3. The molecule has 2 heterocycles. The number of pyridine rings is 1. The SMILES string of the molecule is Cc1ccc2nc(-c3cccc([N+](=O)[O-])c3)cn2c1. The van der Waals surface area contributed by atoms with Crippen molar-refractivity contribution in [2.45, 2.75) is 6.92 Å². The molecule has 2 aromatic heterocycles. The van der Waals surface area contributed by atoms with Gasteiger partial charge in [0.2, 0.25) is 0 Å². The van der Waals surface area contributed by atoms with Crippen LogP contribution in [0.1, 0.15) is 5.56 Å². The maximum atomic E-state index is 10.8. The number of fused-ring (bicyclic) bond motifs is 1. The predicted octanol–water partition coefficient (Wildman–Crippen LogP) is 3.22. The van der Waals surface area contributed by atoms with Crippen LogP contribution in [0.25, 0.3) is 16.9 Å². The molecule has 1 aromatic carbocycles. The highest BCUT2D eigenvalue weighted by Gasteiger charge is 2.09. The van der Waals surface area contributed by atoms with Crippen LogP contribution in [0.5, 0.6) is 0 Å². The van der Waals surface area contributed by atoms with Gasteiger partial charge in [0.05, 0.1) is 10.6 Å². The summed E-state index contributed by atoms with van der Waals surface area (Å²) in [4.78, 5) is 14.8. The Morgan fingerprint density at radius 2 is 2.05 bits per heavy atom. The summed E-state index contributed by atoms with van der Waals surface area (Å²) in [7, 11) is 0. The Balaban J connectivity index is 2.13. The van der Waals surface area contributed by atoms with Gasteiger partial charge in [0.1, 0.15) is 5.65 Å². The van der Waals surface area contributed by atoms with Crippen molar-refractivity contribution in [2.24, 2.45) is 0 Å². The van der Waals surface area contributed by atoms with Crippen LogP contribution in [0.15, 0.2) is 48.8 Å². The molecule has 0 fully saturated rings. The largest absolute Gasteiger partial charge is 0.306 e. The fourth-order valence-corrected chi connectivity index (χ4v) is 2.02. The van der Waals surface area contributed by atoms with Crippen LogP contribution in [0.4, 0.5) is 5.69 Å². The first kappa shape index (κ1) is 11.4. The van der Waals surface area contributed by atoms with Gasteiger partial charge in [-0.25, -0.2) is 4.98 Å². The highest BCUT2D eigenvalue weighted by Crippen LogP contribution is 2.23. The molecule has 3 rings (SSSR count). The first-order valence-electron chi connectivity index (χ1n) is 5.84. The van der Waals surface area contributed by atoms with Crippen molar-refractivity contribution >= 4 is 11.3 Å². The molecule has 0 N–H and O–H groups in total. The molecule has 3 aromatic rings. The zero-order valence-electron chi connectivity index (χ0n) is 10.3. The zero-order chi connectivity index (χ0) is 13.4. The quantitative estimate of drug-likeness (QED) is 0.520. The van der Waals surface area contributed by atoms with E-state index in [1.54, 1.807) is 6.07 Å². The van der Waals surface area contributed by atoms with Crippen molar-refractivity contribution in [1.29, 1.82) is 0 Å². The van der Waals surface area contributed by atoms with E-state index >= 15 is 0 Å². The molecule has 0 unspecified atom stereocenters. The summed E-state index contributed by atoms with van der Waals surface area (Å²) < 4.78 is 1.92. The Hall–Kier alpha value is -2.69. The standard InChI is InChI=1S/C14H11N3O2/c1-10-5-6-14-15-13(9-16(14)8-10)11-3-2-4-12(7-11)17(18)19/h2-9H,1H3. The summed E-state index contributed by atoms with van der Waals surface area (Å²) >= 11 is 0. The van der Waals surface area contributed by atoms with Crippen LogP contribution in [0.2, 0.25) is 0 Å². The Kier molecular flexibility index (Phi) is 2.52. The minimum Gasteiger partial charge on any atom is -0.306 e. The van der Waals surface area contributed by atoms with Crippen molar-refractivity contribution in [3.8, 4) is 11.3 Å². The van der Waals surface area contributed by atoms with Crippen LogP contribution in [-0.2, 0) is 0 Å². The lowest BCUT2D eigenvalue weighted by Gasteiger charge is -1.95. The van der Waals surface area contributed by atoms with Crippen molar-refractivity contribution in [1.82, 2.24) is 9.38 Å². The van der Waals surface area contributed by atoms with Gasteiger partial charge in [0, 0.05) is 30.1 Å².